The van der Waals surface area contributed by atoms with E-state index in [1.54, 1.807) is 19.2 Å². The topological polar surface area (TPSA) is 68.2 Å². The van der Waals surface area contributed by atoms with Crippen molar-refractivity contribution in [3.8, 4) is 0 Å². The van der Waals surface area contributed by atoms with E-state index in [-0.39, 0.29) is 11.7 Å². The number of likely N-dealkylation sites (N-methyl/N-ethyl adjacent to an activating group) is 1. The molecule has 8 heteroatoms. The van der Waals surface area contributed by atoms with Crippen LogP contribution >= 0.6 is 0 Å². The molecule has 0 saturated carbocycles. The number of amides is 3. The molecule has 1 N–H and O–H groups in total. The van der Waals surface area contributed by atoms with Gasteiger partial charge in [-0.25, -0.2) is 14.2 Å². The summed E-state index contributed by atoms with van der Waals surface area (Å²) >= 11 is 0. The first-order valence-electron chi connectivity index (χ1n) is 9.46. The fourth-order valence-electron chi connectivity index (χ4n) is 4.00. The van der Waals surface area contributed by atoms with E-state index in [2.05, 4.69) is 10.2 Å². The maximum atomic E-state index is 13.3. The molecule has 2 saturated heterocycles. The molecule has 0 radical (unpaired) electrons. The van der Waals surface area contributed by atoms with Crippen molar-refractivity contribution in [3.63, 3.8) is 0 Å². The number of hydrogen-bond donors (Lipinski definition) is 1. The molecule has 4 rings (SSSR count). The third-order valence-electron chi connectivity index (χ3n) is 5.49. The second kappa shape index (κ2) is 7.17. The van der Waals surface area contributed by atoms with Crippen LogP contribution in [0.5, 0.6) is 0 Å². The smallest absolute Gasteiger partial charge is 0.325 e. The number of nitrogens with zero attached hydrogens (tertiary/aromatic N) is 4. The van der Waals surface area contributed by atoms with Crippen molar-refractivity contribution in [1.29, 1.82) is 0 Å². The van der Waals surface area contributed by atoms with Gasteiger partial charge in [0, 0.05) is 26.7 Å². The number of benzene rings is 1. The average Bonchev–Trinajstić information content (AvgIpc) is 2.83. The van der Waals surface area contributed by atoms with Gasteiger partial charge in [0.2, 0.25) is 0 Å². The molecule has 144 valence electrons. The minimum Gasteiger partial charge on any atom is -0.343 e. The summed E-state index contributed by atoms with van der Waals surface area (Å²) in [6.45, 7) is 2.21. The Morgan fingerprint density at radius 3 is 2.44 bits per heavy atom. The molecule has 0 aromatic heterocycles. The van der Waals surface area contributed by atoms with Crippen LogP contribution in [-0.4, -0.2) is 64.9 Å². The van der Waals surface area contributed by atoms with Gasteiger partial charge in [-0.3, -0.25) is 10.1 Å². The first-order chi connectivity index (χ1) is 13.0. The molecule has 0 bridgehead atoms. The molecule has 27 heavy (non-hydrogen) atoms. The van der Waals surface area contributed by atoms with Crippen LogP contribution in [0.25, 0.3) is 0 Å². The van der Waals surface area contributed by atoms with E-state index < -0.39 is 18.2 Å². The molecule has 3 heterocycles. The number of aliphatic imine (C=N–C) groups is 1. The van der Waals surface area contributed by atoms with Crippen molar-refractivity contribution < 1.29 is 14.0 Å². The van der Waals surface area contributed by atoms with Crippen molar-refractivity contribution in [1.82, 2.24) is 20.0 Å². The summed E-state index contributed by atoms with van der Waals surface area (Å²) < 4.78 is 13.3. The molecule has 0 aliphatic carbocycles. The zero-order valence-corrected chi connectivity index (χ0v) is 15.4. The molecule has 7 nitrogen and oxygen atoms in total. The normalized spacial score (nSPS) is 25.9. The van der Waals surface area contributed by atoms with Crippen molar-refractivity contribution >= 4 is 17.9 Å². The monoisotopic (exact) mass is 373 g/mol. The van der Waals surface area contributed by atoms with E-state index in [0.717, 1.165) is 37.5 Å². The van der Waals surface area contributed by atoms with Crippen molar-refractivity contribution in [2.24, 2.45) is 4.99 Å². The Kier molecular flexibility index (Phi) is 4.72. The fraction of sp³-hybridized carbons (Fsp3) is 0.526. The summed E-state index contributed by atoms with van der Waals surface area (Å²) in [5.41, 5.74) is 0.895. The summed E-state index contributed by atoms with van der Waals surface area (Å²) in [5, 5.41) is 2.42. The van der Waals surface area contributed by atoms with Gasteiger partial charge < -0.3 is 14.7 Å². The number of carbonyl (C=O) groups is 2. The predicted molar refractivity (Wildman–Crippen MR) is 98.3 cm³/mol. The summed E-state index contributed by atoms with van der Waals surface area (Å²) in [5.74, 6) is 0.131. The zero-order chi connectivity index (χ0) is 19.0. The number of guanidine groups is 1. The molecule has 3 aliphatic rings. The number of urea groups is 1. The molecule has 0 spiro atoms. The van der Waals surface area contributed by atoms with Crippen LogP contribution in [0.1, 0.15) is 31.2 Å². The first-order valence-corrected chi connectivity index (χ1v) is 9.46. The van der Waals surface area contributed by atoms with Crippen molar-refractivity contribution in [2.45, 2.75) is 44.4 Å². The second-order valence-electron chi connectivity index (χ2n) is 7.35. The Balaban J connectivity index is 1.67. The molecular formula is C19H24FN5O2. The highest BCUT2D eigenvalue weighted by atomic mass is 19.1. The van der Waals surface area contributed by atoms with E-state index in [1.165, 1.54) is 29.9 Å². The molecule has 2 fully saturated rings. The van der Waals surface area contributed by atoms with Crippen LogP contribution in [0.15, 0.2) is 29.3 Å². The van der Waals surface area contributed by atoms with Gasteiger partial charge in [-0.2, -0.15) is 0 Å². The largest absolute Gasteiger partial charge is 0.343 e. The summed E-state index contributed by atoms with van der Waals surface area (Å²) in [6, 6.07) is 5.28. The SMILES string of the molecule is CN1C(=O)NC(=O)C2C1N=C(N1CCCCCC1)N2Cc1ccc(F)cc1. The lowest BCUT2D eigenvalue weighted by Crippen LogP contribution is -2.64. The van der Waals surface area contributed by atoms with Crippen LogP contribution in [0.4, 0.5) is 9.18 Å². The third kappa shape index (κ3) is 3.36. The van der Waals surface area contributed by atoms with Gasteiger partial charge in [-0.05, 0) is 30.5 Å². The summed E-state index contributed by atoms with van der Waals surface area (Å²) in [4.78, 5) is 35.1. The lowest BCUT2D eigenvalue weighted by Gasteiger charge is -2.37. The fourth-order valence-corrected chi connectivity index (χ4v) is 4.00. The van der Waals surface area contributed by atoms with E-state index in [9.17, 15) is 14.0 Å². The summed E-state index contributed by atoms with van der Waals surface area (Å²) in [6.07, 6.45) is 4.00. The van der Waals surface area contributed by atoms with Gasteiger partial charge >= 0.3 is 6.03 Å². The lowest BCUT2D eigenvalue weighted by molar-refractivity contribution is -0.127. The average molecular weight is 373 g/mol. The van der Waals surface area contributed by atoms with E-state index in [4.69, 9.17) is 4.99 Å². The first kappa shape index (κ1) is 17.8. The predicted octanol–water partition coefficient (Wildman–Crippen LogP) is 1.75. The van der Waals surface area contributed by atoms with Gasteiger partial charge in [0.1, 0.15) is 5.82 Å². The van der Waals surface area contributed by atoms with Gasteiger partial charge in [-0.1, -0.05) is 25.0 Å². The van der Waals surface area contributed by atoms with Crippen LogP contribution in [0.3, 0.4) is 0 Å². The Bertz CT molecular complexity index is 758. The zero-order valence-electron chi connectivity index (χ0n) is 15.4. The number of fused-ring (bicyclic) bond motifs is 1. The maximum Gasteiger partial charge on any atom is 0.325 e. The number of carbonyl (C=O) groups excluding carboxylic acids is 2. The van der Waals surface area contributed by atoms with E-state index in [0.29, 0.717) is 6.54 Å². The number of rotatable bonds is 2. The molecular weight excluding hydrogens is 349 g/mol. The van der Waals surface area contributed by atoms with Gasteiger partial charge in [0.25, 0.3) is 5.91 Å². The van der Waals surface area contributed by atoms with Gasteiger partial charge in [0.15, 0.2) is 18.2 Å². The number of imide groups is 1. The summed E-state index contributed by atoms with van der Waals surface area (Å²) in [7, 11) is 1.66. The van der Waals surface area contributed by atoms with Crippen LogP contribution < -0.4 is 5.32 Å². The minimum atomic E-state index is -0.573. The minimum absolute atomic E-state index is 0.291. The number of likely N-dealkylation sites (tertiary alicyclic amines) is 1. The number of nitrogens with one attached hydrogen (secondary N) is 1. The van der Waals surface area contributed by atoms with Crippen LogP contribution in [0, 0.1) is 5.82 Å². The van der Waals surface area contributed by atoms with E-state index in [1.807, 2.05) is 4.90 Å². The number of halogens is 1. The highest BCUT2D eigenvalue weighted by Crippen LogP contribution is 2.28. The lowest BCUT2D eigenvalue weighted by atomic mass is 10.1. The third-order valence-corrected chi connectivity index (χ3v) is 5.49. The number of hydrogen-bond acceptors (Lipinski definition) is 5. The van der Waals surface area contributed by atoms with Crippen LogP contribution in [0.2, 0.25) is 0 Å². The van der Waals surface area contributed by atoms with Crippen LogP contribution in [-0.2, 0) is 11.3 Å². The maximum absolute atomic E-state index is 13.3. The molecule has 2 unspecified atom stereocenters. The van der Waals surface area contributed by atoms with Gasteiger partial charge in [0.05, 0.1) is 0 Å². The molecule has 1 aromatic rings. The molecule has 1 aromatic carbocycles. The Morgan fingerprint density at radius 1 is 1.11 bits per heavy atom. The Labute approximate surface area is 157 Å². The highest BCUT2D eigenvalue weighted by Gasteiger charge is 2.49. The van der Waals surface area contributed by atoms with Crippen molar-refractivity contribution in [2.75, 3.05) is 20.1 Å². The molecule has 2 atom stereocenters. The molecule has 3 amide bonds. The quantitative estimate of drug-likeness (QED) is 0.858. The molecule has 3 aliphatic heterocycles. The Morgan fingerprint density at radius 2 is 1.78 bits per heavy atom. The Hall–Kier alpha value is -2.64. The van der Waals surface area contributed by atoms with E-state index >= 15 is 0 Å². The second-order valence-corrected chi connectivity index (χ2v) is 7.35. The van der Waals surface area contributed by atoms with Gasteiger partial charge in [-0.15, -0.1) is 0 Å². The standard InChI is InChI=1S/C19H24FN5O2/c1-23-16-15(17(26)22-19(23)27)25(12-13-6-8-14(20)9-7-13)18(21-16)24-10-4-2-3-5-11-24/h6-9,15-16H,2-5,10-12H2,1H3,(H,22,26,27). The van der Waals surface area contributed by atoms with Crippen molar-refractivity contribution in [3.05, 3.63) is 35.6 Å². The highest BCUT2D eigenvalue weighted by molar-refractivity contribution is 6.03.